The van der Waals surface area contributed by atoms with Crippen molar-refractivity contribution in [2.45, 2.75) is 0 Å². The number of anilines is 1. The van der Waals surface area contributed by atoms with Gasteiger partial charge in [-0.15, -0.1) is 0 Å². The molecule has 102 valence electrons. The minimum atomic E-state index is -1.91. The van der Waals surface area contributed by atoms with E-state index in [1.807, 2.05) is 0 Å². The van der Waals surface area contributed by atoms with Gasteiger partial charge in [-0.2, -0.15) is 15.6 Å². The average Bonchev–Trinajstić information content (AvgIpc) is 2.41. The predicted octanol–water partition coefficient (Wildman–Crippen LogP) is 1.34. The van der Waals surface area contributed by atoms with Crippen molar-refractivity contribution in [2.75, 3.05) is 5.43 Å². The molecule has 10 heteroatoms. The third kappa shape index (κ3) is 2.49. The molecule has 0 spiro atoms. The second-order valence-electron chi connectivity index (χ2n) is 3.22. The maximum absolute atomic E-state index is 13.4. The summed E-state index contributed by atoms with van der Waals surface area (Å²) < 4.78 is 53.3. The number of nitrogens with one attached hydrogen (secondary N) is 2. The van der Waals surface area contributed by atoms with Gasteiger partial charge >= 0.3 is 0 Å². The summed E-state index contributed by atoms with van der Waals surface area (Å²) in [7, 11) is 0. The fourth-order valence-corrected chi connectivity index (χ4v) is 1.09. The van der Waals surface area contributed by atoms with Crippen LogP contribution in [0.1, 0.15) is 5.56 Å². The molecule has 0 atom stereocenters. The van der Waals surface area contributed by atoms with Gasteiger partial charge in [0, 0.05) is 0 Å². The standard InChI is InChI=1S/C10H4F4N6/c11-5-3(1-15)6(12)8(14)9(7(5)13)20-19-4(2-16)10(17)18/h20H,(H3,17,18)/b19-4+. The van der Waals surface area contributed by atoms with Crippen molar-refractivity contribution >= 4 is 17.2 Å². The van der Waals surface area contributed by atoms with E-state index < -0.39 is 46.1 Å². The number of rotatable bonds is 3. The van der Waals surface area contributed by atoms with Crippen LogP contribution in [0.25, 0.3) is 0 Å². The molecule has 0 saturated carbocycles. The lowest BCUT2D eigenvalue weighted by Gasteiger charge is -2.07. The number of nitriles is 2. The average molecular weight is 284 g/mol. The molecule has 6 nitrogen and oxygen atoms in total. The van der Waals surface area contributed by atoms with Gasteiger partial charge in [-0.25, -0.2) is 17.6 Å². The van der Waals surface area contributed by atoms with Crippen molar-refractivity contribution in [2.24, 2.45) is 10.8 Å². The monoisotopic (exact) mass is 284 g/mol. The van der Waals surface area contributed by atoms with Crippen molar-refractivity contribution in [1.82, 2.24) is 0 Å². The van der Waals surface area contributed by atoms with Gasteiger partial charge < -0.3 is 5.73 Å². The van der Waals surface area contributed by atoms with E-state index >= 15 is 0 Å². The maximum Gasteiger partial charge on any atom is 0.201 e. The molecule has 0 fully saturated rings. The summed E-state index contributed by atoms with van der Waals surface area (Å²) >= 11 is 0. The summed E-state index contributed by atoms with van der Waals surface area (Å²) in [4.78, 5) is 0. The van der Waals surface area contributed by atoms with Crippen LogP contribution in [0, 0.1) is 51.3 Å². The second-order valence-corrected chi connectivity index (χ2v) is 3.22. The molecule has 0 unspecified atom stereocenters. The lowest BCUT2D eigenvalue weighted by Crippen LogP contribution is -2.22. The van der Waals surface area contributed by atoms with Crippen LogP contribution in [-0.2, 0) is 0 Å². The Hall–Kier alpha value is -3.14. The van der Waals surface area contributed by atoms with Crippen LogP contribution in [0.4, 0.5) is 23.2 Å². The van der Waals surface area contributed by atoms with Crippen molar-refractivity contribution in [3.8, 4) is 12.1 Å². The summed E-state index contributed by atoms with van der Waals surface area (Å²) in [5.41, 5.74) is 2.92. The zero-order valence-corrected chi connectivity index (χ0v) is 9.43. The second kappa shape index (κ2) is 5.67. The Morgan fingerprint density at radius 3 is 1.95 bits per heavy atom. The Kier molecular flexibility index (Phi) is 4.23. The molecule has 0 saturated heterocycles. The van der Waals surface area contributed by atoms with Crippen LogP contribution in [0.5, 0.6) is 0 Å². The largest absolute Gasteiger partial charge is 0.382 e. The number of hydrazone groups is 1. The van der Waals surface area contributed by atoms with Gasteiger partial charge in [-0.05, 0) is 0 Å². The topological polar surface area (TPSA) is 122 Å². The SMILES string of the molecule is N#C/C(=N\Nc1c(F)c(F)c(C#N)c(F)c1F)C(=N)N. The van der Waals surface area contributed by atoms with E-state index in [4.69, 9.17) is 21.7 Å². The molecule has 0 radical (unpaired) electrons. The highest BCUT2D eigenvalue weighted by molar-refractivity contribution is 6.45. The van der Waals surface area contributed by atoms with E-state index in [1.165, 1.54) is 6.07 Å². The highest BCUT2D eigenvalue weighted by Crippen LogP contribution is 2.27. The van der Waals surface area contributed by atoms with Crippen LogP contribution >= 0.6 is 0 Å². The molecule has 0 heterocycles. The number of nitrogens with zero attached hydrogens (tertiary/aromatic N) is 3. The Labute approximate surface area is 109 Å². The summed E-state index contributed by atoms with van der Waals surface area (Å²) in [5, 5.41) is 26.8. The summed E-state index contributed by atoms with van der Waals surface area (Å²) in [6.07, 6.45) is 0. The first-order valence-corrected chi connectivity index (χ1v) is 4.69. The van der Waals surface area contributed by atoms with Gasteiger partial charge in [0.05, 0.1) is 0 Å². The van der Waals surface area contributed by atoms with Gasteiger partial charge in [-0.3, -0.25) is 10.8 Å². The molecule has 20 heavy (non-hydrogen) atoms. The van der Waals surface area contributed by atoms with E-state index in [-0.39, 0.29) is 0 Å². The Balaban J connectivity index is 3.40. The molecule has 0 amide bonds. The molecule has 0 aromatic heterocycles. The molecule has 0 aliphatic rings. The van der Waals surface area contributed by atoms with Gasteiger partial charge in [-0.1, -0.05) is 0 Å². The highest BCUT2D eigenvalue weighted by Gasteiger charge is 2.25. The molecule has 4 N–H and O–H groups in total. The van der Waals surface area contributed by atoms with Crippen LogP contribution < -0.4 is 11.2 Å². The minimum Gasteiger partial charge on any atom is -0.382 e. The smallest absolute Gasteiger partial charge is 0.201 e. The fourth-order valence-electron chi connectivity index (χ4n) is 1.09. The Morgan fingerprint density at radius 2 is 1.60 bits per heavy atom. The Morgan fingerprint density at radius 1 is 1.10 bits per heavy atom. The molecule has 0 aliphatic carbocycles. The number of benzene rings is 1. The number of nitrogens with two attached hydrogens (primary N) is 1. The molecule has 0 bridgehead atoms. The van der Waals surface area contributed by atoms with Crippen molar-refractivity contribution < 1.29 is 17.6 Å². The lowest BCUT2D eigenvalue weighted by molar-refractivity contribution is 0.454. The predicted molar refractivity (Wildman–Crippen MR) is 59.6 cm³/mol. The molecule has 1 aromatic carbocycles. The first-order chi connectivity index (χ1) is 9.34. The van der Waals surface area contributed by atoms with Gasteiger partial charge in [0.1, 0.15) is 23.4 Å². The maximum atomic E-state index is 13.4. The summed E-state index contributed by atoms with van der Waals surface area (Å²) in [5.74, 6) is -8.44. The Bertz CT molecular complexity index is 668. The first-order valence-electron chi connectivity index (χ1n) is 4.69. The van der Waals surface area contributed by atoms with Crippen LogP contribution in [-0.4, -0.2) is 11.5 Å². The minimum absolute atomic E-state index is 0.756. The molecule has 0 aliphatic heterocycles. The van der Waals surface area contributed by atoms with Gasteiger partial charge in [0.15, 0.2) is 29.1 Å². The molecule has 1 aromatic rings. The molecular formula is C10H4F4N6. The third-order valence-corrected chi connectivity index (χ3v) is 2.02. The number of amidine groups is 1. The van der Waals surface area contributed by atoms with Crippen LogP contribution in [0.2, 0.25) is 0 Å². The fraction of sp³-hybridized carbons (Fsp3) is 0. The third-order valence-electron chi connectivity index (χ3n) is 2.02. The highest BCUT2D eigenvalue weighted by atomic mass is 19.2. The van der Waals surface area contributed by atoms with E-state index in [0.29, 0.717) is 0 Å². The zero-order valence-electron chi connectivity index (χ0n) is 9.43. The van der Waals surface area contributed by atoms with E-state index in [1.54, 1.807) is 5.43 Å². The number of hydrogen-bond acceptors (Lipinski definition) is 5. The first kappa shape index (κ1) is 14.9. The number of halogens is 4. The van der Waals surface area contributed by atoms with Crippen molar-refractivity contribution in [3.05, 3.63) is 28.8 Å². The van der Waals surface area contributed by atoms with E-state index in [2.05, 4.69) is 5.10 Å². The lowest BCUT2D eigenvalue weighted by atomic mass is 10.1. The van der Waals surface area contributed by atoms with Crippen molar-refractivity contribution in [1.29, 1.82) is 15.9 Å². The van der Waals surface area contributed by atoms with Crippen molar-refractivity contribution in [3.63, 3.8) is 0 Å². The van der Waals surface area contributed by atoms with E-state index in [0.717, 1.165) is 6.07 Å². The van der Waals surface area contributed by atoms with Crippen LogP contribution in [0.3, 0.4) is 0 Å². The summed E-state index contributed by atoms with van der Waals surface area (Å²) in [6.45, 7) is 0. The molecule has 1 rings (SSSR count). The normalized spacial score (nSPS) is 10.6. The quantitative estimate of drug-likeness (QED) is 0.255. The number of hydrogen-bond donors (Lipinski definition) is 3. The zero-order chi connectivity index (χ0) is 15.4. The molecular weight excluding hydrogens is 280 g/mol. The van der Waals surface area contributed by atoms with Crippen LogP contribution in [0.15, 0.2) is 5.10 Å². The van der Waals surface area contributed by atoms with E-state index in [9.17, 15) is 17.6 Å². The van der Waals surface area contributed by atoms with Gasteiger partial charge in [0.2, 0.25) is 5.71 Å². The summed E-state index contributed by atoms with van der Waals surface area (Å²) in [6, 6.07) is 2.28. The van der Waals surface area contributed by atoms with Gasteiger partial charge in [0.25, 0.3) is 0 Å².